The molecule has 12 unspecified atom stereocenters. The molecule has 6 aliphatic heterocycles. The Kier molecular flexibility index (Phi) is 23.6. The van der Waals surface area contributed by atoms with Crippen LogP contribution in [0.2, 0.25) is 0 Å². The van der Waals surface area contributed by atoms with Gasteiger partial charge in [0.25, 0.3) is 0 Å². The second kappa shape index (κ2) is 34.9. The normalized spacial score (nSPS) is 27.8. The van der Waals surface area contributed by atoms with E-state index in [4.69, 9.17) is 28.4 Å². The van der Waals surface area contributed by atoms with Crippen LogP contribution < -0.4 is 31.9 Å². The monoisotopic (exact) mass is 1630 g/mol. The van der Waals surface area contributed by atoms with Crippen molar-refractivity contribution in [3.8, 4) is 0 Å². The second-order valence-electron chi connectivity index (χ2n) is 30.1. The number of carboxylic acids is 3. The molecular formula is C80H89N21O18. The number of hydrogen-bond donors (Lipinski definition) is 9. The van der Waals surface area contributed by atoms with Crippen LogP contribution in [0.1, 0.15) is 126 Å². The number of carbonyl (C=O) groups is 9. The fraction of sp³-hybridized carbons (Fsp3) is 0.450. The van der Waals surface area contributed by atoms with Crippen molar-refractivity contribution in [2.24, 2.45) is 17.8 Å². The first-order chi connectivity index (χ1) is 57.9. The number of fused-ring (bicyclic) bond motifs is 6. The van der Waals surface area contributed by atoms with E-state index in [0.29, 0.717) is 131 Å². The highest BCUT2D eigenvalue weighted by molar-refractivity contribution is 5.98. The molecule has 9 aliphatic rings. The molecule has 12 heterocycles. The number of amides is 9. The number of aromatic nitrogens is 12. The number of urea groups is 3. The van der Waals surface area contributed by atoms with Gasteiger partial charge in [0, 0.05) is 50.4 Å². The Balaban J connectivity index is 0.000000133. The first-order valence-corrected chi connectivity index (χ1v) is 39.9. The smallest absolute Gasteiger partial charge is 0.326 e. The Hall–Kier alpha value is -12.6. The van der Waals surface area contributed by atoms with Crippen molar-refractivity contribution in [1.82, 2.24) is 89.2 Å². The maximum absolute atomic E-state index is 13.8. The Labute approximate surface area is 679 Å². The van der Waals surface area contributed by atoms with Crippen LogP contribution in [0.15, 0.2) is 135 Å². The summed E-state index contributed by atoms with van der Waals surface area (Å²) < 4.78 is 43.7. The Morgan fingerprint density at radius 3 is 1.05 bits per heavy atom. The Bertz CT molecular complexity index is 5080. The maximum Gasteiger partial charge on any atom is 0.326 e. The lowest BCUT2D eigenvalue weighted by Crippen LogP contribution is -2.46. The summed E-state index contributed by atoms with van der Waals surface area (Å²) in [5.41, 5.74) is 5.26. The van der Waals surface area contributed by atoms with Crippen molar-refractivity contribution >= 4 is 111 Å². The third-order valence-electron chi connectivity index (χ3n) is 23.1. The van der Waals surface area contributed by atoms with Gasteiger partial charge in [0.2, 0.25) is 17.7 Å². The highest BCUT2D eigenvalue weighted by Gasteiger charge is 2.60. The number of imidazole rings is 3. The van der Waals surface area contributed by atoms with E-state index in [1.54, 1.807) is 19.0 Å². The van der Waals surface area contributed by atoms with E-state index in [0.717, 1.165) is 16.7 Å². The summed E-state index contributed by atoms with van der Waals surface area (Å²) in [7, 11) is 0. The molecule has 9 N–H and O–H groups in total. The summed E-state index contributed by atoms with van der Waals surface area (Å²) in [5, 5.41) is 45.2. The molecule has 9 amide bonds. The van der Waals surface area contributed by atoms with Gasteiger partial charge < -0.3 is 88.1 Å². The molecule has 9 fully saturated rings. The van der Waals surface area contributed by atoms with Crippen molar-refractivity contribution < 1.29 is 86.9 Å². The maximum atomic E-state index is 13.8. The number of carbonyl (C=O) groups excluding carboxylic acids is 6. The molecule has 39 heteroatoms. The minimum atomic E-state index is -1.00. The molecule has 18 rings (SSSR count). The van der Waals surface area contributed by atoms with Crippen molar-refractivity contribution in [2.45, 2.75) is 170 Å². The molecule has 3 aromatic carbocycles. The standard InChI is InChI=1S/C28H31N7O6.2C26H29N7O6/c1-2-29-28(39)33-24-21-25(31-14-30-24)35(15-32-21)19-13-17(26(36)34-12-6-9-18(34)27(37)38)22-23(19)41-20(40-22)11-10-16-7-4-3-5-8-16;2*1-2-27-26(37)31-21-18-22(29-12-28-21)33(13-30-18)17-11-15(23(34)32-10-6-9-16(32)24(35)36)19-20(17)39-25(38-19)14-7-4-3-5-8-14/h3-5,7-8,10-11,14-15,17-20,22-23H,2,6,9,12-13H2,1H3,(H,37,38)(H2,29,30,31,33,39);2*3-5,7-8,12-13,15-17,19-20,25H,2,6,9-11H2,1H3,(H,35,36)(H2,27,28,29,31,37)/b11-10+;;/t17?,18-,19?,20-,22?,23?;15?,16-,17?,19?,20?,25+;15?,16-,17?,19?,20?,25-/m010/s1. The van der Waals surface area contributed by atoms with Crippen LogP contribution in [0.3, 0.4) is 0 Å². The molecule has 622 valence electrons. The first-order valence-electron chi connectivity index (χ1n) is 39.9. The highest BCUT2D eigenvalue weighted by atomic mass is 16.7. The lowest BCUT2D eigenvalue weighted by atomic mass is 10.0. The number of benzene rings is 3. The van der Waals surface area contributed by atoms with Gasteiger partial charge in [0.15, 0.2) is 69.8 Å². The minimum Gasteiger partial charge on any atom is -0.480 e. The van der Waals surface area contributed by atoms with Gasteiger partial charge in [-0.2, -0.15) is 0 Å². The van der Waals surface area contributed by atoms with E-state index in [2.05, 4.69) is 76.8 Å². The molecule has 39 nitrogen and oxygen atoms in total. The summed E-state index contributed by atoms with van der Waals surface area (Å²) in [4.78, 5) is 157. The summed E-state index contributed by atoms with van der Waals surface area (Å²) in [6.07, 6.45) is 11.4. The van der Waals surface area contributed by atoms with Crippen LogP contribution in [-0.2, 0) is 57.2 Å². The van der Waals surface area contributed by atoms with E-state index in [1.165, 1.54) is 33.7 Å². The predicted molar refractivity (Wildman–Crippen MR) is 419 cm³/mol. The van der Waals surface area contributed by atoms with E-state index < -0.39 is 127 Å². The van der Waals surface area contributed by atoms with E-state index in [-0.39, 0.29) is 53.3 Å². The molecule has 3 aliphatic carbocycles. The summed E-state index contributed by atoms with van der Waals surface area (Å²) in [5.74, 6) is -4.79. The molecule has 0 spiro atoms. The molecular weight excluding hydrogens is 1540 g/mol. The number of nitrogens with zero attached hydrogens (tertiary/aromatic N) is 15. The molecule has 0 radical (unpaired) electrons. The molecule has 3 saturated carbocycles. The predicted octanol–water partition coefficient (Wildman–Crippen LogP) is 6.60. The Morgan fingerprint density at radius 1 is 0.403 bits per heavy atom. The number of hydrogen-bond acceptors (Lipinski definition) is 24. The number of anilines is 3. The highest BCUT2D eigenvalue weighted by Crippen LogP contribution is 2.52. The van der Waals surface area contributed by atoms with E-state index >= 15 is 0 Å². The van der Waals surface area contributed by atoms with Gasteiger partial charge in [-0.1, -0.05) is 97.1 Å². The van der Waals surface area contributed by atoms with Gasteiger partial charge in [0.1, 0.15) is 73.7 Å². The van der Waals surface area contributed by atoms with Crippen molar-refractivity contribution in [3.05, 3.63) is 152 Å². The molecule has 6 aromatic heterocycles. The zero-order chi connectivity index (χ0) is 82.7. The third-order valence-corrected chi connectivity index (χ3v) is 23.1. The lowest BCUT2D eigenvalue weighted by Gasteiger charge is -2.27. The topological polar surface area (TPSA) is 482 Å². The third kappa shape index (κ3) is 16.1. The number of nitrogens with one attached hydrogen (secondary N) is 6. The second-order valence-corrected chi connectivity index (χ2v) is 30.1. The van der Waals surface area contributed by atoms with Gasteiger partial charge >= 0.3 is 36.0 Å². The van der Waals surface area contributed by atoms with Crippen LogP contribution in [0.4, 0.5) is 31.8 Å². The molecule has 0 bridgehead atoms. The van der Waals surface area contributed by atoms with Crippen LogP contribution >= 0.6 is 0 Å². The van der Waals surface area contributed by atoms with E-state index in [1.807, 2.05) is 138 Å². The average molecular weight is 1630 g/mol. The van der Waals surface area contributed by atoms with E-state index in [9.17, 15) is 58.5 Å². The number of ether oxygens (including phenoxy) is 6. The van der Waals surface area contributed by atoms with Gasteiger partial charge in [0.05, 0.1) is 54.9 Å². The Morgan fingerprint density at radius 2 is 0.714 bits per heavy atom. The molecule has 6 saturated heterocycles. The quantitative estimate of drug-likeness (QED) is 0.0411. The zero-order valence-electron chi connectivity index (χ0n) is 65.0. The molecule has 119 heavy (non-hydrogen) atoms. The van der Waals surface area contributed by atoms with Crippen LogP contribution in [-0.4, -0.2) is 243 Å². The fourth-order valence-corrected chi connectivity index (χ4v) is 17.8. The van der Waals surface area contributed by atoms with Gasteiger partial charge in [-0.15, -0.1) is 0 Å². The summed E-state index contributed by atoms with van der Waals surface area (Å²) in [6.45, 7) is 7.97. The van der Waals surface area contributed by atoms with Crippen molar-refractivity contribution in [2.75, 3.05) is 55.2 Å². The molecule has 18 atom stereocenters. The lowest BCUT2D eigenvalue weighted by molar-refractivity contribution is -0.152. The first kappa shape index (κ1) is 80.2. The average Bonchev–Trinajstić information content (AvgIpc) is 1.59. The van der Waals surface area contributed by atoms with Gasteiger partial charge in [-0.3, -0.25) is 30.3 Å². The van der Waals surface area contributed by atoms with Crippen molar-refractivity contribution in [1.29, 1.82) is 0 Å². The number of aliphatic carboxylic acids is 3. The summed E-state index contributed by atoms with van der Waals surface area (Å²) in [6, 6.07) is 23.8. The number of rotatable bonds is 19. The van der Waals surface area contributed by atoms with Crippen LogP contribution in [0, 0.1) is 17.8 Å². The fourth-order valence-electron chi connectivity index (χ4n) is 17.8. The number of likely N-dealkylation sites (tertiary alicyclic amines) is 3. The van der Waals surface area contributed by atoms with Crippen LogP contribution in [0.5, 0.6) is 0 Å². The SMILES string of the molecule is CCNC(=O)Nc1ncnc2c1ncn2C1CC(C(=O)N2CCC[C@@H]2C(=O)O)C2O[C@H](c3ccccc3)OC21.CCNC(=O)Nc1ncnc2c1ncn2C1CC(C(=O)N2CCC[C@H]2C(=O)O)C2O[C@H](/C=C/c3ccccc3)OC21.CCNC(=O)Nc1ncnc2c1ncn2C1CC(C(=O)N2CCC[C@H]2C(=O)O)C2O[C@H](c3ccccc3)OC21. The largest absolute Gasteiger partial charge is 0.480 e. The zero-order valence-corrected chi connectivity index (χ0v) is 65.0. The summed E-state index contributed by atoms with van der Waals surface area (Å²) >= 11 is 0. The van der Waals surface area contributed by atoms with Gasteiger partial charge in [-0.05, 0) is 90.2 Å². The number of carboxylic acid groups (broad SMARTS) is 3. The van der Waals surface area contributed by atoms with Crippen LogP contribution in [0.25, 0.3) is 39.6 Å². The molecule has 9 aromatic rings. The minimum absolute atomic E-state index is 0.243. The van der Waals surface area contributed by atoms with Gasteiger partial charge in [-0.25, -0.2) is 73.6 Å². The van der Waals surface area contributed by atoms with Crippen molar-refractivity contribution in [3.63, 3.8) is 0 Å².